The fourth-order valence-electron chi connectivity index (χ4n) is 13.2. The summed E-state index contributed by atoms with van der Waals surface area (Å²) in [6, 6.07) is 106. The Morgan fingerprint density at radius 1 is 0.231 bits per heavy atom. The molecule has 0 spiro atoms. The molecule has 16 rings (SSSR count). The van der Waals surface area contributed by atoms with Crippen LogP contribution in [0.3, 0.4) is 0 Å². The molecule has 0 fully saturated rings. The van der Waals surface area contributed by atoms with Crippen LogP contribution in [-0.4, -0.2) is 13.4 Å². The Morgan fingerprint density at radius 3 is 1.17 bits per heavy atom. The quantitative estimate of drug-likeness (QED) is 0.147. The maximum Gasteiger partial charge on any atom is 0.252 e. The molecule has 0 atom stereocenters. The van der Waals surface area contributed by atoms with Gasteiger partial charge in [0.25, 0.3) is 6.71 Å². The SMILES string of the molecule is c1ccc(-c2cc3c4c(c2)N(c2ccccc2)c2ccccc2B4c2cc4c(cc2S3)N(c2ccccc2-c2ccccc2)c2cc(-c3ccccc3)cc3c2B4c2ccccc2N3c2ccccc2-c2ccccc2)cc1. The molecule has 4 heterocycles. The molecule has 12 aromatic carbocycles. The van der Waals surface area contributed by atoms with E-state index in [4.69, 9.17) is 0 Å². The van der Waals surface area contributed by atoms with Gasteiger partial charge < -0.3 is 14.7 Å². The van der Waals surface area contributed by atoms with Crippen molar-refractivity contribution in [2.75, 3.05) is 14.7 Å². The molecule has 0 N–H and O–H groups in total. The van der Waals surface area contributed by atoms with Gasteiger partial charge in [0.1, 0.15) is 0 Å². The molecule has 0 radical (unpaired) electrons. The molecule has 4 aliphatic heterocycles. The summed E-state index contributed by atoms with van der Waals surface area (Å²) in [6.45, 7) is -0.112. The lowest BCUT2D eigenvalue weighted by molar-refractivity contribution is 1.24. The van der Waals surface area contributed by atoms with E-state index in [9.17, 15) is 0 Å². The van der Waals surface area contributed by atoms with Crippen LogP contribution >= 0.6 is 11.8 Å². The lowest BCUT2D eigenvalue weighted by Crippen LogP contribution is -2.64. The topological polar surface area (TPSA) is 9.72 Å². The third-order valence-electron chi connectivity index (χ3n) is 16.5. The van der Waals surface area contributed by atoms with Crippen LogP contribution in [0.15, 0.2) is 295 Å². The smallest absolute Gasteiger partial charge is 0.252 e. The van der Waals surface area contributed by atoms with Gasteiger partial charge in [-0.05, 0) is 127 Å². The molecule has 78 heavy (non-hydrogen) atoms. The van der Waals surface area contributed by atoms with E-state index >= 15 is 0 Å². The zero-order chi connectivity index (χ0) is 51.3. The number of anilines is 9. The summed E-state index contributed by atoms with van der Waals surface area (Å²) in [5, 5.41) is 0. The molecule has 0 amide bonds. The summed E-state index contributed by atoms with van der Waals surface area (Å²) >= 11 is 1.93. The Bertz CT molecular complexity index is 4330. The fourth-order valence-corrected chi connectivity index (χ4v) is 14.4. The molecule has 0 unspecified atom stereocenters. The van der Waals surface area contributed by atoms with Crippen LogP contribution in [0.1, 0.15) is 0 Å². The normalized spacial score (nSPS) is 13.2. The molecule has 3 nitrogen and oxygen atoms in total. The summed E-state index contributed by atoms with van der Waals surface area (Å²) in [6.07, 6.45) is 0. The van der Waals surface area contributed by atoms with E-state index in [0.29, 0.717) is 0 Å². The Hall–Kier alpha value is -9.48. The predicted molar refractivity (Wildman–Crippen MR) is 332 cm³/mol. The molecule has 0 bridgehead atoms. The van der Waals surface area contributed by atoms with Gasteiger partial charge in [0.15, 0.2) is 0 Å². The Morgan fingerprint density at radius 2 is 0.628 bits per heavy atom. The summed E-state index contributed by atoms with van der Waals surface area (Å²) in [5.41, 5.74) is 28.0. The Balaban J connectivity index is 1.01. The van der Waals surface area contributed by atoms with Crippen LogP contribution in [-0.2, 0) is 0 Å². The number of fused-ring (bicyclic) bond motifs is 8. The van der Waals surface area contributed by atoms with Gasteiger partial charge in [0.05, 0.1) is 11.4 Å². The summed E-state index contributed by atoms with van der Waals surface area (Å²) in [7, 11) is 0. The third-order valence-corrected chi connectivity index (χ3v) is 17.6. The van der Waals surface area contributed by atoms with E-state index in [-0.39, 0.29) is 13.4 Å². The van der Waals surface area contributed by atoms with Gasteiger partial charge in [0, 0.05) is 60.7 Å². The maximum absolute atomic E-state index is 2.64. The average molecular weight is 1010 g/mol. The number of hydrogen-bond acceptors (Lipinski definition) is 4. The van der Waals surface area contributed by atoms with Crippen LogP contribution in [0, 0.1) is 0 Å². The summed E-state index contributed by atoms with van der Waals surface area (Å²) in [4.78, 5) is 10.3. The van der Waals surface area contributed by atoms with Gasteiger partial charge in [-0.25, -0.2) is 0 Å². The molecule has 0 saturated heterocycles. The highest BCUT2D eigenvalue weighted by molar-refractivity contribution is 8.00. The van der Waals surface area contributed by atoms with Crippen molar-refractivity contribution in [2.24, 2.45) is 0 Å². The van der Waals surface area contributed by atoms with Crippen molar-refractivity contribution in [1.29, 1.82) is 0 Å². The highest BCUT2D eigenvalue weighted by Gasteiger charge is 2.47. The minimum atomic E-state index is -0.0948. The molecule has 0 aliphatic carbocycles. The number of benzene rings is 12. The van der Waals surface area contributed by atoms with Crippen molar-refractivity contribution < 1.29 is 0 Å². The van der Waals surface area contributed by atoms with Crippen molar-refractivity contribution in [3.05, 3.63) is 285 Å². The monoisotopic (exact) mass is 1010 g/mol. The van der Waals surface area contributed by atoms with Crippen LogP contribution in [0.2, 0.25) is 0 Å². The minimum Gasteiger partial charge on any atom is -0.311 e. The number of para-hydroxylation sites is 5. The van der Waals surface area contributed by atoms with Crippen LogP contribution < -0.4 is 47.5 Å². The van der Waals surface area contributed by atoms with E-state index in [0.717, 1.165) is 17.1 Å². The van der Waals surface area contributed by atoms with Crippen LogP contribution in [0.25, 0.3) is 44.5 Å². The molecular formula is C72H47B2N3S. The molecular weight excluding hydrogens is 961 g/mol. The largest absolute Gasteiger partial charge is 0.311 e. The standard InChI is InChI=1S/C72H47B2N3S/c1-6-24-48(25-7-1)52-42-66-71-67(43-52)77(62-39-21-17-35-56(62)51-30-12-4-13-31-51)65-47-69-60(46-59(65)73(71)58-37-19-23-41-64(58)76(66)61-38-20-16-34-55(61)50-28-10-3-11-29-50)74-57-36-18-22-40-63(57)75(54-32-14-5-15-33-54)68-44-53(45-70(78-69)72(68)74)49-26-8-2-9-27-49/h1-47H. The van der Waals surface area contributed by atoms with E-state index in [1.807, 2.05) is 11.8 Å². The van der Waals surface area contributed by atoms with Crippen LogP contribution in [0.4, 0.5) is 51.2 Å². The van der Waals surface area contributed by atoms with Gasteiger partial charge in [-0.3, -0.25) is 0 Å². The lowest BCUT2D eigenvalue weighted by atomic mass is 9.31. The van der Waals surface area contributed by atoms with Crippen molar-refractivity contribution in [1.82, 2.24) is 0 Å². The van der Waals surface area contributed by atoms with Crippen LogP contribution in [0.5, 0.6) is 0 Å². The first-order valence-electron chi connectivity index (χ1n) is 27.0. The first kappa shape index (κ1) is 44.8. The zero-order valence-corrected chi connectivity index (χ0v) is 43.4. The second kappa shape index (κ2) is 18.1. The van der Waals surface area contributed by atoms with Crippen molar-refractivity contribution in [2.45, 2.75) is 9.79 Å². The van der Waals surface area contributed by atoms with E-state index in [1.54, 1.807) is 0 Å². The minimum absolute atomic E-state index is 0.0167. The second-order valence-electron chi connectivity index (χ2n) is 20.7. The predicted octanol–water partition coefficient (Wildman–Crippen LogP) is 15.2. The Labute approximate surface area is 460 Å². The number of hydrogen-bond donors (Lipinski definition) is 0. The molecule has 12 aromatic rings. The molecule has 6 heteroatoms. The number of nitrogens with zero attached hydrogens (tertiary/aromatic N) is 3. The Kier molecular flexibility index (Phi) is 10.4. The van der Waals surface area contributed by atoms with Gasteiger partial charge >= 0.3 is 0 Å². The average Bonchev–Trinajstić information content (AvgIpc) is 3.66. The van der Waals surface area contributed by atoms with Gasteiger partial charge in [0.2, 0.25) is 6.71 Å². The molecule has 362 valence electrons. The summed E-state index contributed by atoms with van der Waals surface area (Å²) < 4.78 is 0. The van der Waals surface area contributed by atoms with Gasteiger partial charge in [-0.2, -0.15) is 0 Å². The summed E-state index contributed by atoms with van der Waals surface area (Å²) in [5.74, 6) is 0. The first-order valence-corrected chi connectivity index (χ1v) is 27.8. The molecule has 0 aromatic heterocycles. The van der Waals surface area contributed by atoms with Crippen molar-refractivity contribution in [3.8, 4) is 44.5 Å². The second-order valence-corrected chi connectivity index (χ2v) is 21.8. The van der Waals surface area contributed by atoms with E-state index in [2.05, 4.69) is 300 Å². The van der Waals surface area contributed by atoms with Gasteiger partial charge in [-0.1, -0.05) is 236 Å². The first-order chi connectivity index (χ1) is 38.7. The van der Waals surface area contributed by atoms with Gasteiger partial charge in [-0.15, -0.1) is 0 Å². The highest BCUT2D eigenvalue weighted by Crippen LogP contribution is 2.51. The number of rotatable bonds is 7. The van der Waals surface area contributed by atoms with Crippen molar-refractivity contribution >= 4 is 109 Å². The fraction of sp³-hybridized carbons (Fsp3) is 0. The van der Waals surface area contributed by atoms with Crippen molar-refractivity contribution in [3.63, 3.8) is 0 Å². The zero-order valence-electron chi connectivity index (χ0n) is 42.5. The third kappa shape index (κ3) is 6.96. The molecule has 0 saturated carbocycles. The highest BCUT2D eigenvalue weighted by atomic mass is 32.2. The molecule has 4 aliphatic rings. The lowest BCUT2D eigenvalue weighted by Gasteiger charge is -2.46. The van der Waals surface area contributed by atoms with E-state index in [1.165, 1.54) is 121 Å². The van der Waals surface area contributed by atoms with E-state index < -0.39 is 0 Å². The maximum atomic E-state index is 2.64.